The molecule has 0 saturated carbocycles. The van der Waals surface area contributed by atoms with Crippen molar-refractivity contribution in [1.29, 1.82) is 0 Å². The van der Waals surface area contributed by atoms with Gasteiger partial charge in [-0.15, -0.1) is 0 Å². The van der Waals surface area contributed by atoms with Crippen molar-refractivity contribution >= 4 is 10.9 Å². The maximum absolute atomic E-state index is 13.7. The number of fused-ring (bicyclic) bond motifs is 1. The Kier molecular flexibility index (Phi) is 3.73. The van der Waals surface area contributed by atoms with Gasteiger partial charge in [0.25, 0.3) is 0 Å². The standard InChI is InChI=1S/C21H15F2NO/c1-13-11-15(25-20-8-4-6-17(22)21(20)23)9-10-16(13)19-12-14-5-2-3-7-18(14)24-19/h2-12,24H,1H3. The van der Waals surface area contributed by atoms with Crippen LogP contribution < -0.4 is 4.74 Å². The fourth-order valence-corrected chi connectivity index (χ4v) is 2.91. The van der Waals surface area contributed by atoms with Crippen molar-refractivity contribution in [3.63, 3.8) is 0 Å². The lowest BCUT2D eigenvalue weighted by molar-refractivity contribution is 0.416. The Morgan fingerprint density at radius 1 is 0.880 bits per heavy atom. The highest BCUT2D eigenvalue weighted by Gasteiger charge is 2.11. The zero-order valence-electron chi connectivity index (χ0n) is 13.5. The molecule has 1 heterocycles. The molecule has 3 aromatic carbocycles. The lowest BCUT2D eigenvalue weighted by atomic mass is 10.1. The predicted octanol–water partition coefficient (Wildman–Crippen LogP) is 6.21. The van der Waals surface area contributed by atoms with Crippen LogP contribution in [0.3, 0.4) is 0 Å². The SMILES string of the molecule is Cc1cc(Oc2cccc(F)c2F)ccc1-c1cc2ccccc2[nH]1. The van der Waals surface area contributed by atoms with Crippen molar-refractivity contribution in [2.75, 3.05) is 0 Å². The summed E-state index contributed by atoms with van der Waals surface area (Å²) in [6.07, 6.45) is 0. The summed E-state index contributed by atoms with van der Waals surface area (Å²) in [6, 6.07) is 19.5. The fraction of sp³-hybridized carbons (Fsp3) is 0.0476. The number of nitrogens with one attached hydrogen (secondary N) is 1. The molecular formula is C21H15F2NO. The van der Waals surface area contributed by atoms with E-state index < -0.39 is 11.6 Å². The lowest BCUT2D eigenvalue weighted by Crippen LogP contribution is -1.92. The van der Waals surface area contributed by atoms with Crippen LogP contribution in [0, 0.1) is 18.6 Å². The van der Waals surface area contributed by atoms with Gasteiger partial charge < -0.3 is 9.72 Å². The third-order valence-corrected chi connectivity index (χ3v) is 4.16. The van der Waals surface area contributed by atoms with Crippen molar-refractivity contribution in [3.05, 3.63) is 83.9 Å². The molecule has 0 aliphatic rings. The van der Waals surface area contributed by atoms with Crippen molar-refractivity contribution in [3.8, 4) is 22.8 Å². The summed E-state index contributed by atoms with van der Waals surface area (Å²) in [5, 5.41) is 1.14. The molecule has 0 atom stereocenters. The highest BCUT2D eigenvalue weighted by molar-refractivity contribution is 5.86. The highest BCUT2D eigenvalue weighted by atomic mass is 19.2. The molecule has 0 saturated heterocycles. The van der Waals surface area contributed by atoms with Gasteiger partial charge in [0, 0.05) is 22.2 Å². The zero-order valence-corrected chi connectivity index (χ0v) is 13.5. The third-order valence-electron chi connectivity index (χ3n) is 4.16. The molecule has 0 spiro atoms. The molecule has 0 aliphatic heterocycles. The maximum atomic E-state index is 13.7. The summed E-state index contributed by atoms with van der Waals surface area (Å²) >= 11 is 0. The molecule has 4 rings (SSSR count). The van der Waals surface area contributed by atoms with Crippen LogP contribution in [0.4, 0.5) is 8.78 Å². The molecule has 1 aromatic heterocycles. The number of hydrogen-bond acceptors (Lipinski definition) is 1. The van der Waals surface area contributed by atoms with E-state index in [1.807, 2.05) is 37.3 Å². The summed E-state index contributed by atoms with van der Waals surface area (Å²) < 4.78 is 32.5. The van der Waals surface area contributed by atoms with Gasteiger partial charge in [-0.05, 0) is 55.0 Å². The summed E-state index contributed by atoms with van der Waals surface area (Å²) in [6.45, 7) is 1.95. The average Bonchev–Trinajstić information content (AvgIpc) is 3.03. The fourth-order valence-electron chi connectivity index (χ4n) is 2.91. The van der Waals surface area contributed by atoms with Gasteiger partial charge in [0.2, 0.25) is 5.82 Å². The van der Waals surface area contributed by atoms with Gasteiger partial charge >= 0.3 is 0 Å². The van der Waals surface area contributed by atoms with Crippen LogP contribution in [0.5, 0.6) is 11.5 Å². The molecule has 4 aromatic rings. The van der Waals surface area contributed by atoms with Crippen LogP contribution in [0.2, 0.25) is 0 Å². The van der Waals surface area contributed by atoms with E-state index in [1.165, 1.54) is 12.1 Å². The van der Waals surface area contributed by atoms with Crippen molar-refractivity contribution in [1.82, 2.24) is 4.98 Å². The molecule has 0 amide bonds. The second-order valence-corrected chi connectivity index (χ2v) is 5.90. The van der Waals surface area contributed by atoms with Crippen LogP contribution in [0.15, 0.2) is 66.7 Å². The van der Waals surface area contributed by atoms with E-state index in [9.17, 15) is 8.78 Å². The number of aryl methyl sites for hydroxylation is 1. The van der Waals surface area contributed by atoms with Gasteiger partial charge in [-0.1, -0.05) is 24.3 Å². The quantitative estimate of drug-likeness (QED) is 0.473. The lowest BCUT2D eigenvalue weighted by Gasteiger charge is -2.10. The van der Waals surface area contributed by atoms with Crippen LogP contribution in [-0.2, 0) is 0 Å². The molecular weight excluding hydrogens is 320 g/mol. The molecule has 0 fully saturated rings. The van der Waals surface area contributed by atoms with Gasteiger partial charge in [0.15, 0.2) is 11.6 Å². The first kappa shape index (κ1) is 15.4. The second-order valence-electron chi connectivity index (χ2n) is 5.90. The molecule has 1 N–H and O–H groups in total. The Morgan fingerprint density at radius 2 is 1.72 bits per heavy atom. The summed E-state index contributed by atoms with van der Waals surface area (Å²) in [7, 11) is 0. The van der Waals surface area contributed by atoms with Crippen molar-refractivity contribution in [2.24, 2.45) is 0 Å². The van der Waals surface area contributed by atoms with Crippen molar-refractivity contribution in [2.45, 2.75) is 6.92 Å². The van der Waals surface area contributed by atoms with E-state index >= 15 is 0 Å². The first-order valence-electron chi connectivity index (χ1n) is 7.92. The average molecular weight is 335 g/mol. The molecule has 25 heavy (non-hydrogen) atoms. The molecule has 0 unspecified atom stereocenters. The number of aromatic nitrogens is 1. The Bertz CT molecular complexity index is 1040. The summed E-state index contributed by atoms with van der Waals surface area (Å²) in [4.78, 5) is 3.39. The monoisotopic (exact) mass is 335 g/mol. The van der Waals surface area contributed by atoms with Gasteiger partial charge in [0.1, 0.15) is 5.75 Å². The van der Waals surface area contributed by atoms with E-state index in [1.54, 1.807) is 6.07 Å². The normalized spacial score (nSPS) is 11.0. The largest absolute Gasteiger partial charge is 0.454 e. The highest BCUT2D eigenvalue weighted by Crippen LogP contribution is 2.32. The number of rotatable bonds is 3. The number of H-pyrrole nitrogens is 1. The molecule has 124 valence electrons. The van der Waals surface area contributed by atoms with Crippen LogP contribution in [0.1, 0.15) is 5.56 Å². The first-order chi connectivity index (χ1) is 12.1. The summed E-state index contributed by atoms with van der Waals surface area (Å²) in [5.74, 6) is -1.58. The second kappa shape index (κ2) is 6.06. The zero-order chi connectivity index (χ0) is 17.4. The van der Waals surface area contributed by atoms with E-state index in [4.69, 9.17) is 4.74 Å². The smallest absolute Gasteiger partial charge is 0.201 e. The van der Waals surface area contributed by atoms with E-state index in [-0.39, 0.29) is 5.75 Å². The Hall–Kier alpha value is -3.14. The van der Waals surface area contributed by atoms with Crippen LogP contribution in [0.25, 0.3) is 22.2 Å². The first-order valence-corrected chi connectivity index (χ1v) is 7.92. The maximum Gasteiger partial charge on any atom is 0.201 e. The van der Waals surface area contributed by atoms with Gasteiger partial charge in [-0.25, -0.2) is 4.39 Å². The molecule has 2 nitrogen and oxygen atoms in total. The van der Waals surface area contributed by atoms with Crippen LogP contribution in [-0.4, -0.2) is 4.98 Å². The number of aromatic amines is 1. The number of halogens is 2. The van der Waals surface area contributed by atoms with Gasteiger partial charge in [-0.2, -0.15) is 4.39 Å². The topological polar surface area (TPSA) is 25.0 Å². The number of ether oxygens (including phenoxy) is 1. The summed E-state index contributed by atoms with van der Waals surface area (Å²) in [5.41, 5.74) is 4.07. The number of benzene rings is 3. The van der Waals surface area contributed by atoms with E-state index in [2.05, 4.69) is 17.1 Å². The number of hydrogen-bond donors (Lipinski definition) is 1. The van der Waals surface area contributed by atoms with Gasteiger partial charge in [0.05, 0.1) is 0 Å². The minimum atomic E-state index is -0.986. The van der Waals surface area contributed by atoms with Crippen molar-refractivity contribution < 1.29 is 13.5 Å². The predicted molar refractivity (Wildman–Crippen MR) is 94.9 cm³/mol. The Balaban J connectivity index is 1.67. The van der Waals surface area contributed by atoms with Crippen LogP contribution >= 0.6 is 0 Å². The molecule has 4 heteroatoms. The molecule has 0 aliphatic carbocycles. The Labute approximate surface area is 143 Å². The minimum absolute atomic E-state index is 0.127. The minimum Gasteiger partial charge on any atom is -0.454 e. The Morgan fingerprint density at radius 3 is 2.52 bits per heavy atom. The van der Waals surface area contributed by atoms with E-state index in [0.29, 0.717) is 5.75 Å². The van der Waals surface area contributed by atoms with E-state index in [0.717, 1.165) is 33.8 Å². The molecule has 0 bridgehead atoms. The van der Waals surface area contributed by atoms with Gasteiger partial charge in [-0.3, -0.25) is 0 Å². The number of para-hydroxylation sites is 1. The molecule has 0 radical (unpaired) electrons. The third kappa shape index (κ3) is 2.87.